The molecule has 0 atom stereocenters. The summed E-state index contributed by atoms with van der Waals surface area (Å²) in [5, 5.41) is 2.27. The van der Waals surface area contributed by atoms with Gasteiger partial charge < -0.3 is 9.30 Å². The first-order valence-electron chi connectivity index (χ1n) is 7.10. The topological polar surface area (TPSA) is 31.2 Å². The smallest absolute Gasteiger partial charge is 0.337 e. The minimum absolute atomic E-state index is 0.341. The molecule has 2 aromatic carbocycles. The van der Waals surface area contributed by atoms with Gasteiger partial charge in [0.25, 0.3) is 0 Å². The van der Waals surface area contributed by atoms with Crippen LogP contribution in [0.2, 0.25) is 10.0 Å². The van der Waals surface area contributed by atoms with E-state index >= 15 is 0 Å². The maximum absolute atomic E-state index is 11.8. The lowest BCUT2D eigenvalue weighted by Gasteiger charge is -2.05. The van der Waals surface area contributed by atoms with Gasteiger partial charge in [0.15, 0.2) is 0 Å². The first kappa shape index (κ1) is 15.9. The van der Waals surface area contributed by atoms with Gasteiger partial charge in [-0.15, -0.1) is 0 Å². The number of carbonyl (C=O) groups is 1. The molecule has 1 aromatic heterocycles. The van der Waals surface area contributed by atoms with Crippen LogP contribution in [-0.4, -0.2) is 17.6 Å². The van der Waals surface area contributed by atoms with Crippen LogP contribution in [0.3, 0.4) is 0 Å². The molecule has 118 valence electrons. The van der Waals surface area contributed by atoms with Crippen molar-refractivity contribution in [3.8, 4) is 0 Å². The summed E-state index contributed by atoms with van der Waals surface area (Å²) in [4.78, 5) is 11.8. The molecular weight excluding hydrogens is 333 g/mol. The van der Waals surface area contributed by atoms with E-state index in [1.54, 1.807) is 12.1 Å². The SMILES string of the molecule is COC(=O)c1ccc2c(c1)c(Cc1ccc(Cl)cc1Cl)cn2C. The van der Waals surface area contributed by atoms with Crippen LogP contribution in [0.5, 0.6) is 0 Å². The zero-order valence-corrected chi connectivity index (χ0v) is 14.3. The molecule has 0 saturated heterocycles. The zero-order chi connectivity index (χ0) is 16.6. The van der Waals surface area contributed by atoms with Gasteiger partial charge >= 0.3 is 5.97 Å². The summed E-state index contributed by atoms with van der Waals surface area (Å²) in [6.07, 6.45) is 2.72. The molecule has 0 fully saturated rings. The lowest BCUT2D eigenvalue weighted by molar-refractivity contribution is 0.0601. The predicted octanol–water partition coefficient (Wildman–Crippen LogP) is 4.86. The van der Waals surface area contributed by atoms with Gasteiger partial charge in [-0.3, -0.25) is 0 Å². The molecule has 0 aliphatic heterocycles. The van der Waals surface area contributed by atoms with E-state index in [4.69, 9.17) is 27.9 Å². The predicted molar refractivity (Wildman–Crippen MR) is 93.5 cm³/mol. The summed E-state index contributed by atoms with van der Waals surface area (Å²) in [7, 11) is 3.36. The normalized spacial score (nSPS) is 11.0. The Labute approximate surface area is 144 Å². The monoisotopic (exact) mass is 347 g/mol. The molecule has 0 radical (unpaired) electrons. The maximum atomic E-state index is 11.8. The highest BCUT2D eigenvalue weighted by atomic mass is 35.5. The number of ether oxygens (including phenoxy) is 1. The Morgan fingerprint density at radius 2 is 1.91 bits per heavy atom. The molecule has 0 N–H and O–H groups in total. The number of fused-ring (bicyclic) bond motifs is 1. The van der Waals surface area contributed by atoms with Gasteiger partial charge in [0.2, 0.25) is 0 Å². The van der Waals surface area contributed by atoms with Crippen LogP contribution in [0, 0.1) is 0 Å². The first-order valence-corrected chi connectivity index (χ1v) is 7.85. The molecule has 3 nitrogen and oxygen atoms in total. The lowest BCUT2D eigenvalue weighted by Crippen LogP contribution is -2.00. The van der Waals surface area contributed by atoms with Gasteiger partial charge in [0.1, 0.15) is 0 Å². The van der Waals surface area contributed by atoms with E-state index in [2.05, 4.69) is 6.20 Å². The van der Waals surface area contributed by atoms with Crippen molar-refractivity contribution in [1.29, 1.82) is 0 Å². The summed E-state index contributed by atoms with van der Waals surface area (Å²) in [5.74, 6) is -0.341. The highest BCUT2D eigenvalue weighted by Gasteiger charge is 2.13. The number of nitrogens with zero attached hydrogens (tertiary/aromatic N) is 1. The van der Waals surface area contributed by atoms with E-state index in [1.807, 2.05) is 35.9 Å². The summed E-state index contributed by atoms with van der Waals surface area (Å²) < 4.78 is 6.84. The molecule has 3 rings (SSSR count). The summed E-state index contributed by atoms with van der Waals surface area (Å²) in [6.45, 7) is 0. The van der Waals surface area contributed by atoms with Crippen molar-refractivity contribution in [2.45, 2.75) is 6.42 Å². The Hall–Kier alpha value is -1.97. The number of benzene rings is 2. The third-order valence-corrected chi connectivity index (χ3v) is 4.48. The van der Waals surface area contributed by atoms with Crippen LogP contribution in [0.15, 0.2) is 42.6 Å². The van der Waals surface area contributed by atoms with Crippen molar-refractivity contribution in [3.05, 3.63) is 69.3 Å². The van der Waals surface area contributed by atoms with Crippen molar-refractivity contribution in [2.24, 2.45) is 7.05 Å². The van der Waals surface area contributed by atoms with Crippen LogP contribution in [0.4, 0.5) is 0 Å². The average Bonchev–Trinajstić information content (AvgIpc) is 2.85. The Morgan fingerprint density at radius 1 is 1.13 bits per heavy atom. The number of aryl methyl sites for hydroxylation is 1. The average molecular weight is 348 g/mol. The molecule has 0 spiro atoms. The number of esters is 1. The Kier molecular flexibility index (Phi) is 4.33. The second-order valence-electron chi connectivity index (χ2n) is 5.40. The number of hydrogen-bond acceptors (Lipinski definition) is 2. The highest BCUT2D eigenvalue weighted by Crippen LogP contribution is 2.28. The second-order valence-corrected chi connectivity index (χ2v) is 6.24. The Bertz CT molecular complexity index is 899. The molecule has 0 aliphatic carbocycles. The van der Waals surface area contributed by atoms with E-state index in [0.717, 1.165) is 22.0 Å². The van der Waals surface area contributed by atoms with Gasteiger partial charge in [-0.1, -0.05) is 29.3 Å². The quantitative estimate of drug-likeness (QED) is 0.633. The van der Waals surface area contributed by atoms with Gasteiger partial charge in [0.05, 0.1) is 12.7 Å². The molecule has 0 bridgehead atoms. The van der Waals surface area contributed by atoms with Crippen molar-refractivity contribution in [2.75, 3.05) is 7.11 Å². The number of rotatable bonds is 3. The Balaban J connectivity index is 2.07. The van der Waals surface area contributed by atoms with Crippen LogP contribution in [0.25, 0.3) is 10.9 Å². The minimum atomic E-state index is -0.341. The third-order valence-electron chi connectivity index (χ3n) is 3.89. The van der Waals surface area contributed by atoms with Crippen LogP contribution in [-0.2, 0) is 18.2 Å². The number of halogens is 2. The minimum Gasteiger partial charge on any atom is -0.465 e. The molecule has 1 heterocycles. The number of aromatic nitrogens is 1. The standard InChI is InChI=1S/C18H15Cl2NO2/c1-21-10-13(7-11-3-5-14(19)9-16(11)20)15-8-12(18(22)23-2)4-6-17(15)21/h3-6,8-10H,7H2,1-2H3. The number of methoxy groups -OCH3 is 1. The largest absolute Gasteiger partial charge is 0.465 e. The molecule has 0 amide bonds. The second kappa shape index (κ2) is 6.26. The molecule has 23 heavy (non-hydrogen) atoms. The molecule has 5 heteroatoms. The van der Waals surface area contributed by atoms with E-state index in [0.29, 0.717) is 22.0 Å². The fourth-order valence-electron chi connectivity index (χ4n) is 2.73. The fraction of sp³-hybridized carbons (Fsp3) is 0.167. The van der Waals surface area contributed by atoms with Gasteiger partial charge in [-0.25, -0.2) is 4.79 Å². The Morgan fingerprint density at radius 3 is 2.61 bits per heavy atom. The zero-order valence-electron chi connectivity index (χ0n) is 12.8. The number of hydrogen-bond donors (Lipinski definition) is 0. The van der Waals surface area contributed by atoms with Gasteiger partial charge in [0, 0.05) is 40.6 Å². The van der Waals surface area contributed by atoms with Crippen LogP contribution in [0.1, 0.15) is 21.5 Å². The van der Waals surface area contributed by atoms with Crippen molar-refractivity contribution < 1.29 is 9.53 Å². The van der Waals surface area contributed by atoms with Crippen molar-refractivity contribution in [3.63, 3.8) is 0 Å². The van der Waals surface area contributed by atoms with Crippen LogP contribution < -0.4 is 0 Å². The highest BCUT2D eigenvalue weighted by molar-refractivity contribution is 6.35. The molecular formula is C18H15Cl2NO2. The van der Waals surface area contributed by atoms with E-state index in [1.165, 1.54) is 7.11 Å². The molecule has 0 aliphatic rings. The van der Waals surface area contributed by atoms with Crippen molar-refractivity contribution >= 4 is 40.1 Å². The molecule has 3 aromatic rings. The summed E-state index contributed by atoms with van der Waals surface area (Å²) in [6, 6.07) is 11.0. The summed E-state index contributed by atoms with van der Waals surface area (Å²) in [5.41, 5.74) is 3.68. The lowest BCUT2D eigenvalue weighted by atomic mass is 10.0. The van der Waals surface area contributed by atoms with E-state index in [-0.39, 0.29) is 5.97 Å². The van der Waals surface area contributed by atoms with Gasteiger partial charge in [-0.05, 0) is 41.5 Å². The third kappa shape index (κ3) is 3.07. The molecule has 0 unspecified atom stereocenters. The molecule has 0 saturated carbocycles. The maximum Gasteiger partial charge on any atom is 0.337 e. The van der Waals surface area contributed by atoms with Crippen LogP contribution >= 0.6 is 23.2 Å². The fourth-order valence-corrected chi connectivity index (χ4v) is 3.20. The van der Waals surface area contributed by atoms with Gasteiger partial charge in [-0.2, -0.15) is 0 Å². The first-order chi connectivity index (χ1) is 11.0. The van der Waals surface area contributed by atoms with E-state index in [9.17, 15) is 4.79 Å². The van der Waals surface area contributed by atoms with Crippen molar-refractivity contribution in [1.82, 2.24) is 4.57 Å². The van der Waals surface area contributed by atoms with E-state index < -0.39 is 0 Å². The number of carbonyl (C=O) groups excluding carboxylic acids is 1. The summed E-state index contributed by atoms with van der Waals surface area (Å²) >= 11 is 12.2.